The summed E-state index contributed by atoms with van der Waals surface area (Å²) >= 11 is 1.86. The molecule has 5 nitrogen and oxygen atoms in total. The summed E-state index contributed by atoms with van der Waals surface area (Å²) in [6.45, 7) is 6.42. The molecule has 1 rings (SSSR count). The fraction of sp³-hybridized carbons (Fsp3) is 0.588. The van der Waals surface area contributed by atoms with Crippen LogP contribution < -0.4 is 20.1 Å². The monoisotopic (exact) mass is 467 g/mol. The first-order valence-electron chi connectivity index (χ1n) is 8.02. The van der Waals surface area contributed by atoms with Crippen LogP contribution in [-0.4, -0.2) is 50.8 Å². The molecule has 1 atom stereocenters. The van der Waals surface area contributed by atoms with Gasteiger partial charge in [-0.3, -0.25) is 0 Å². The van der Waals surface area contributed by atoms with Gasteiger partial charge < -0.3 is 20.1 Å². The number of ether oxygens (including phenoxy) is 2. The van der Waals surface area contributed by atoms with Crippen molar-refractivity contribution in [3.05, 3.63) is 24.3 Å². The van der Waals surface area contributed by atoms with Crippen molar-refractivity contribution < 1.29 is 9.47 Å². The molecule has 0 fully saturated rings. The number of benzene rings is 1. The van der Waals surface area contributed by atoms with E-state index in [4.69, 9.17) is 9.47 Å². The molecule has 0 heterocycles. The summed E-state index contributed by atoms with van der Waals surface area (Å²) in [6, 6.07) is 7.66. The van der Waals surface area contributed by atoms with Gasteiger partial charge in [0.25, 0.3) is 0 Å². The van der Waals surface area contributed by atoms with Crippen molar-refractivity contribution in [3.63, 3.8) is 0 Å². The fourth-order valence-electron chi connectivity index (χ4n) is 1.96. The number of aliphatic imine (C=N–C) groups is 1. The molecular weight excluding hydrogens is 437 g/mol. The number of nitrogens with one attached hydrogen (secondary N) is 2. The lowest BCUT2D eigenvalue weighted by atomic mass is 10.3. The van der Waals surface area contributed by atoms with Gasteiger partial charge in [0.1, 0.15) is 6.10 Å². The lowest BCUT2D eigenvalue weighted by Crippen LogP contribution is -2.38. The molecule has 0 spiro atoms. The van der Waals surface area contributed by atoms with E-state index < -0.39 is 0 Å². The molecule has 0 aliphatic heterocycles. The van der Waals surface area contributed by atoms with Crippen LogP contribution in [0.5, 0.6) is 11.5 Å². The average molecular weight is 467 g/mol. The molecule has 1 unspecified atom stereocenters. The fourth-order valence-corrected chi connectivity index (χ4v) is 2.39. The van der Waals surface area contributed by atoms with Crippen molar-refractivity contribution in [3.8, 4) is 11.5 Å². The van der Waals surface area contributed by atoms with Gasteiger partial charge >= 0.3 is 0 Å². The van der Waals surface area contributed by atoms with Crippen LogP contribution in [0.2, 0.25) is 0 Å². The SMILES string of the molecule is CCNC(=NCC(C)Oc1ccccc1OC)NCCCSC.I. The Labute approximate surface area is 167 Å². The van der Waals surface area contributed by atoms with Crippen LogP contribution in [0.4, 0.5) is 0 Å². The summed E-state index contributed by atoms with van der Waals surface area (Å²) in [6.07, 6.45) is 3.21. The number of halogens is 1. The number of hydrogen-bond acceptors (Lipinski definition) is 4. The summed E-state index contributed by atoms with van der Waals surface area (Å²) in [4.78, 5) is 4.58. The van der Waals surface area contributed by atoms with Gasteiger partial charge in [0.2, 0.25) is 0 Å². The number of para-hydroxylation sites is 2. The number of thioether (sulfide) groups is 1. The third kappa shape index (κ3) is 9.46. The van der Waals surface area contributed by atoms with E-state index in [-0.39, 0.29) is 30.1 Å². The molecule has 24 heavy (non-hydrogen) atoms. The second-order valence-corrected chi connectivity index (χ2v) is 6.06. The maximum absolute atomic E-state index is 5.92. The Morgan fingerprint density at radius 1 is 1.25 bits per heavy atom. The molecule has 138 valence electrons. The normalized spacial score (nSPS) is 12.1. The van der Waals surface area contributed by atoms with Crippen LogP contribution >= 0.6 is 35.7 Å². The molecule has 0 saturated heterocycles. The summed E-state index contributed by atoms with van der Waals surface area (Å²) in [5.41, 5.74) is 0. The van der Waals surface area contributed by atoms with Crippen LogP contribution in [0.15, 0.2) is 29.3 Å². The number of hydrogen-bond donors (Lipinski definition) is 2. The third-order valence-corrected chi connectivity index (χ3v) is 3.76. The van der Waals surface area contributed by atoms with Gasteiger partial charge in [0, 0.05) is 13.1 Å². The first-order valence-corrected chi connectivity index (χ1v) is 9.41. The molecule has 7 heteroatoms. The lowest BCUT2D eigenvalue weighted by molar-refractivity contribution is 0.219. The maximum atomic E-state index is 5.92. The zero-order valence-corrected chi connectivity index (χ0v) is 18.1. The van der Waals surface area contributed by atoms with E-state index in [1.807, 2.05) is 43.0 Å². The topological polar surface area (TPSA) is 54.9 Å². The van der Waals surface area contributed by atoms with Crippen molar-refractivity contribution in [1.82, 2.24) is 10.6 Å². The average Bonchev–Trinajstić information content (AvgIpc) is 2.57. The van der Waals surface area contributed by atoms with Gasteiger partial charge in [-0.25, -0.2) is 4.99 Å². The molecule has 0 radical (unpaired) electrons. The molecule has 1 aromatic rings. The minimum Gasteiger partial charge on any atom is -0.493 e. The minimum atomic E-state index is -0.0343. The van der Waals surface area contributed by atoms with Gasteiger partial charge in [-0.05, 0) is 44.4 Å². The van der Waals surface area contributed by atoms with Crippen molar-refractivity contribution in [2.24, 2.45) is 4.99 Å². The second kappa shape index (κ2) is 14.5. The largest absolute Gasteiger partial charge is 0.493 e. The molecule has 2 N–H and O–H groups in total. The van der Waals surface area contributed by atoms with Gasteiger partial charge in [-0.2, -0.15) is 11.8 Å². The molecule has 0 saturated carbocycles. The van der Waals surface area contributed by atoms with E-state index in [9.17, 15) is 0 Å². The van der Waals surface area contributed by atoms with Crippen molar-refractivity contribution >= 4 is 41.7 Å². The quantitative estimate of drug-likeness (QED) is 0.239. The van der Waals surface area contributed by atoms with Gasteiger partial charge in [-0.1, -0.05) is 12.1 Å². The van der Waals surface area contributed by atoms with E-state index in [2.05, 4.69) is 28.8 Å². The highest BCUT2D eigenvalue weighted by atomic mass is 127. The number of rotatable bonds is 10. The molecule has 0 aliphatic carbocycles. The number of methoxy groups -OCH3 is 1. The molecule has 1 aromatic carbocycles. The minimum absolute atomic E-state index is 0. The van der Waals surface area contributed by atoms with E-state index in [1.165, 1.54) is 0 Å². The second-order valence-electron chi connectivity index (χ2n) is 5.07. The van der Waals surface area contributed by atoms with E-state index in [0.29, 0.717) is 6.54 Å². The third-order valence-electron chi connectivity index (χ3n) is 3.07. The first kappa shape index (κ1) is 23.2. The highest BCUT2D eigenvalue weighted by molar-refractivity contribution is 14.0. The summed E-state index contributed by atoms with van der Waals surface area (Å²) < 4.78 is 11.2. The maximum Gasteiger partial charge on any atom is 0.191 e. The molecule has 0 amide bonds. The Bertz CT molecular complexity index is 475. The molecule has 0 aliphatic rings. The Morgan fingerprint density at radius 2 is 1.96 bits per heavy atom. The summed E-state index contributed by atoms with van der Waals surface area (Å²) in [5.74, 6) is 3.48. The van der Waals surface area contributed by atoms with Gasteiger partial charge in [0.05, 0.1) is 13.7 Å². The van der Waals surface area contributed by atoms with Crippen LogP contribution in [-0.2, 0) is 0 Å². The zero-order chi connectivity index (χ0) is 16.9. The predicted molar refractivity (Wildman–Crippen MR) is 115 cm³/mol. The Balaban J connectivity index is 0.00000529. The van der Waals surface area contributed by atoms with Gasteiger partial charge in [0.15, 0.2) is 17.5 Å². The Morgan fingerprint density at radius 3 is 2.58 bits per heavy atom. The summed E-state index contributed by atoms with van der Waals surface area (Å²) in [7, 11) is 1.65. The van der Waals surface area contributed by atoms with E-state index in [0.717, 1.165) is 42.7 Å². The Kier molecular flexibility index (Phi) is 14.0. The van der Waals surface area contributed by atoms with Crippen LogP contribution in [0.25, 0.3) is 0 Å². The highest BCUT2D eigenvalue weighted by Gasteiger charge is 2.08. The molecule has 0 bridgehead atoms. The zero-order valence-electron chi connectivity index (χ0n) is 15.0. The first-order chi connectivity index (χ1) is 11.2. The predicted octanol–water partition coefficient (Wildman–Crippen LogP) is 3.39. The van der Waals surface area contributed by atoms with Crippen LogP contribution in [0.3, 0.4) is 0 Å². The van der Waals surface area contributed by atoms with E-state index in [1.54, 1.807) is 7.11 Å². The van der Waals surface area contributed by atoms with Crippen molar-refractivity contribution in [1.29, 1.82) is 0 Å². The smallest absolute Gasteiger partial charge is 0.191 e. The van der Waals surface area contributed by atoms with E-state index >= 15 is 0 Å². The molecular formula is C17H30IN3O2S. The summed E-state index contributed by atoms with van der Waals surface area (Å²) in [5, 5.41) is 6.60. The van der Waals surface area contributed by atoms with Crippen LogP contribution in [0, 0.1) is 0 Å². The Hall–Kier alpha value is -0.830. The standard InChI is InChI=1S/C17H29N3O2S.HI/c1-5-18-17(19-11-8-12-23-4)20-13-14(2)22-16-10-7-6-9-15(16)21-3;/h6-7,9-10,14H,5,8,11-13H2,1-4H3,(H2,18,19,20);1H. The number of guanidine groups is 1. The van der Waals surface area contributed by atoms with Crippen molar-refractivity contribution in [2.45, 2.75) is 26.4 Å². The van der Waals surface area contributed by atoms with Crippen molar-refractivity contribution in [2.75, 3.05) is 38.8 Å². The van der Waals surface area contributed by atoms with Crippen LogP contribution in [0.1, 0.15) is 20.3 Å². The highest BCUT2D eigenvalue weighted by Crippen LogP contribution is 2.26. The number of nitrogens with zero attached hydrogens (tertiary/aromatic N) is 1. The lowest BCUT2D eigenvalue weighted by Gasteiger charge is -2.16. The molecule has 0 aromatic heterocycles. The van der Waals surface area contributed by atoms with Gasteiger partial charge in [-0.15, -0.1) is 24.0 Å².